The van der Waals surface area contributed by atoms with Gasteiger partial charge in [0.05, 0.1) is 12.1 Å². The molecule has 1 amide bonds. The van der Waals surface area contributed by atoms with E-state index in [1.165, 1.54) is 0 Å². The number of benzene rings is 1. The van der Waals surface area contributed by atoms with Crippen LogP contribution in [-0.2, 0) is 4.79 Å². The van der Waals surface area contributed by atoms with E-state index in [4.69, 9.17) is 4.74 Å². The van der Waals surface area contributed by atoms with Crippen LogP contribution in [0.25, 0.3) is 0 Å². The van der Waals surface area contributed by atoms with E-state index in [0.717, 1.165) is 17.5 Å². The maximum atomic E-state index is 11.1. The summed E-state index contributed by atoms with van der Waals surface area (Å²) >= 11 is 0. The van der Waals surface area contributed by atoms with Crippen molar-refractivity contribution in [2.24, 2.45) is 0 Å². The maximum Gasteiger partial charge on any atom is 0.220 e. The SMILES string of the molecule is Cc1ccc(OCC2CCC(=O)N2)c([C@@H](C)O)c1. The number of hydrogen-bond acceptors (Lipinski definition) is 3. The van der Waals surface area contributed by atoms with Crippen LogP contribution >= 0.6 is 0 Å². The molecule has 1 heterocycles. The monoisotopic (exact) mass is 249 g/mol. The first-order chi connectivity index (χ1) is 8.56. The Bertz CT molecular complexity index is 443. The predicted octanol–water partition coefficient (Wildman–Crippen LogP) is 1.71. The average molecular weight is 249 g/mol. The summed E-state index contributed by atoms with van der Waals surface area (Å²) in [6, 6.07) is 5.83. The first-order valence-electron chi connectivity index (χ1n) is 6.27. The fourth-order valence-corrected chi connectivity index (χ4v) is 2.12. The summed E-state index contributed by atoms with van der Waals surface area (Å²) in [5.74, 6) is 0.778. The fourth-order valence-electron chi connectivity index (χ4n) is 2.12. The largest absolute Gasteiger partial charge is 0.491 e. The molecule has 0 bridgehead atoms. The minimum absolute atomic E-state index is 0.0839. The van der Waals surface area contributed by atoms with Crippen LogP contribution in [0.3, 0.4) is 0 Å². The molecule has 1 aliphatic rings. The molecule has 4 nitrogen and oxygen atoms in total. The molecule has 0 saturated carbocycles. The molecule has 0 spiro atoms. The molecular formula is C14H19NO3. The van der Waals surface area contributed by atoms with Crippen LogP contribution in [0.5, 0.6) is 5.75 Å². The van der Waals surface area contributed by atoms with Crippen molar-refractivity contribution in [2.45, 2.75) is 38.8 Å². The lowest BCUT2D eigenvalue weighted by Gasteiger charge is -2.16. The van der Waals surface area contributed by atoms with Crippen molar-refractivity contribution in [1.29, 1.82) is 0 Å². The molecule has 98 valence electrons. The zero-order valence-electron chi connectivity index (χ0n) is 10.8. The second-order valence-corrected chi connectivity index (χ2v) is 4.83. The van der Waals surface area contributed by atoms with Crippen molar-refractivity contribution in [3.8, 4) is 5.75 Å². The Morgan fingerprint density at radius 1 is 1.56 bits per heavy atom. The number of carbonyl (C=O) groups is 1. The first-order valence-corrected chi connectivity index (χ1v) is 6.27. The number of amides is 1. The van der Waals surface area contributed by atoms with Crippen molar-refractivity contribution in [3.63, 3.8) is 0 Å². The van der Waals surface area contributed by atoms with Gasteiger partial charge in [-0.2, -0.15) is 0 Å². The highest BCUT2D eigenvalue weighted by Gasteiger charge is 2.21. The third-order valence-electron chi connectivity index (χ3n) is 3.14. The molecule has 0 aliphatic carbocycles. The van der Waals surface area contributed by atoms with E-state index in [0.29, 0.717) is 18.8 Å². The number of hydrogen-bond donors (Lipinski definition) is 2. The third-order valence-corrected chi connectivity index (χ3v) is 3.14. The summed E-state index contributed by atoms with van der Waals surface area (Å²) < 4.78 is 5.71. The standard InChI is InChI=1S/C14H19NO3/c1-9-3-5-13(12(7-9)10(2)16)18-8-11-4-6-14(17)15-11/h3,5,7,10-11,16H,4,6,8H2,1-2H3,(H,15,17)/t10-,11?/m1/s1. The Balaban J connectivity index is 2.02. The average Bonchev–Trinajstić information content (AvgIpc) is 2.73. The molecule has 2 N–H and O–H groups in total. The van der Waals surface area contributed by atoms with Gasteiger partial charge in [-0.05, 0) is 32.4 Å². The molecule has 4 heteroatoms. The van der Waals surface area contributed by atoms with E-state index in [9.17, 15) is 9.90 Å². The van der Waals surface area contributed by atoms with Gasteiger partial charge in [0.2, 0.25) is 5.91 Å². The molecule has 1 aliphatic heterocycles. The Morgan fingerprint density at radius 3 is 2.94 bits per heavy atom. The zero-order valence-corrected chi connectivity index (χ0v) is 10.8. The molecule has 1 unspecified atom stereocenters. The lowest BCUT2D eigenvalue weighted by atomic mass is 10.1. The van der Waals surface area contributed by atoms with Gasteiger partial charge >= 0.3 is 0 Å². The van der Waals surface area contributed by atoms with Crippen molar-refractivity contribution < 1.29 is 14.6 Å². The van der Waals surface area contributed by atoms with Gasteiger partial charge in [0.25, 0.3) is 0 Å². The smallest absolute Gasteiger partial charge is 0.220 e. The van der Waals surface area contributed by atoms with Crippen LogP contribution in [0.15, 0.2) is 18.2 Å². The van der Waals surface area contributed by atoms with Crippen molar-refractivity contribution in [3.05, 3.63) is 29.3 Å². The normalized spacial score (nSPS) is 20.6. The van der Waals surface area contributed by atoms with Crippen LogP contribution < -0.4 is 10.1 Å². The van der Waals surface area contributed by atoms with E-state index in [-0.39, 0.29) is 11.9 Å². The van der Waals surface area contributed by atoms with Gasteiger partial charge in [0.15, 0.2) is 0 Å². The number of carbonyl (C=O) groups excluding carboxylic acids is 1. The zero-order chi connectivity index (χ0) is 13.1. The van der Waals surface area contributed by atoms with Crippen molar-refractivity contribution in [2.75, 3.05) is 6.61 Å². The van der Waals surface area contributed by atoms with Gasteiger partial charge in [-0.3, -0.25) is 4.79 Å². The molecule has 0 aromatic heterocycles. The van der Waals surface area contributed by atoms with Crippen LogP contribution in [0.2, 0.25) is 0 Å². The quantitative estimate of drug-likeness (QED) is 0.854. The van der Waals surface area contributed by atoms with E-state index in [1.807, 2.05) is 25.1 Å². The summed E-state index contributed by atoms with van der Waals surface area (Å²) in [7, 11) is 0. The minimum Gasteiger partial charge on any atom is -0.491 e. The Kier molecular flexibility index (Phi) is 3.87. The van der Waals surface area contributed by atoms with E-state index in [1.54, 1.807) is 6.92 Å². The van der Waals surface area contributed by atoms with E-state index < -0.39 is 6.10 Å². The summed E-state index contributed by atoms with van der Waals surface area (Å²) in [6.45, 7) is 4.15. The molecule has 18 heavy (non-hydrogen) atoms. The number of aliphatic hydroxyl groups is 1. The maximum absolute atomic E-state index is 11.1. The fraction of sp³-hybridized carbons (Fsp3) is 0.500. The summed E-state index contributed by atoms with van der Waals surface area (Å²) in [6.07, 6.45) is 0.831. The molecule has 1 fully saturated rings. The lowest BCUT2D eigenvalue weighted by Crippen LogP contribution is -2.31. The van der Waals surface area contributed by atoms with E-state index in [2.05, 4.69) is 5.32 Å². The summed E-state index contributed by atoms with van der Waals surface area (Å²) in [5.41, 5.74) is 1.88. The molecule has 2 atom stereocenters. The van der Waals surface area contributed by atoms with Gasteiger partial charge < -0.3 is 15.2 Å². The number of ether oxygens (including phenoxy) is 1. The minimum atomic E-state index is -0.557. The van der Waals surface area contributed by atoms with Gasteiger partial charge in [-0.15, -0.1) is 0 Å². The Morgan fingerprint density at radius 2 is 2.33 bits per heavy atom. The second kappa shape index (κ2) is 5.40. The Hall–Kier alpha value is -1.55. The van der Waals surface area contributed by atoms with Crippen molar-refractivity contribution >= 4 is 5.91 Å². The number of aryl methyl sites for hydroxylation is 1. The molecule has 2 rings (SSSR count). The Labute approximate surface area is 107 Å². The molecule has 1 saturated heterocycles. The van der Waals surface area contributed by atoms with E-state index >= 15 is 0 Å². The summed E-state index contributed by atoms with van der Waals surface area (Å²) in [4.78, 5) is 11.1. The number of aliphatic hydroxyl groups excluding tert-OH is 1. The first kappa shape index (κ1) is 12.9. The predicted molar refractivity (Wildman–Crippen MR) is 68.5 cm³/mol. The topological polar surface area (TPSA) is 58.6 Å². The molecule has 1 aromatic rings. The van der Waals surface area contributed by atoms with Crippen molar-refractivity contribution in [1.82, 2.24) is 5.32 Å². The van der Waals surface area contributed by atoms with Crippen LogP contribution in [0, 0.1) is 6.92 Å². The van der Waals surface area contributed by atoms with Gasteiger partial charge in [0.1, 0.15) is 12.4 Å². The van der Waals surface area contributed by atoms with Crippen LogP contribution in [0.4, 0.5) is 0 Å². The highest BCUT2D eigenvalue weighted by molar-refractivity contribution is 5.78. The van der Waals surface area contributed by atoms with Gasteiger partial charge in [-0.1, -0.05) is 11.6 Å². The van der Waals surface area contributed by atoms with Gasteiger partial charge in [0, 0.05) is 12.0 Å². The third kappa shape index (κ3) is 3.01. The molecule has 1 aromatic carbocycles. The summed E-state index contributed by atoms with van der Waals surface area (Å²) in [5, 5.41) is 12.6. The van der Waals surface area contributed by atoms with Crippen LogP contribution in [-0.4, -0.2) is 23.7 Å². The number of nitrogens with one attached hydrogen (secondary N) is 1. The molecule has 0 radical (unpaired) electrons. The highest BCUT2D eigenvalue weighted by atomic mass is 16.5. The van der Waals surface area contributed by atoms with Crippen LogP contribution in [0.1, 0.15) is 37.0 Å². The highest BCUT2D eigenvalue weighted by Crippen LogP contribution is 2.26. The second-order valence-electron chi connectivity index (χ2n) is 4.83. The molecular weight excluding hydrogens is 230 g/mol. The number of rotatable bonds is 4. The van der Waals surface area contributed by atoms with Gasteiger partial charge in [-0.25, -0.2) is 0 Å². The lowest BCUT2D eigenvalue weighted by molar-refractivity contribution is -0.119.